The molecule has 0 atom stereocenters. The third-order valence-electron chi connectivity index (χ3n) is 1.80. The molecule has 0 unspecified atom stereocenters. The van der Waals surface area contributed by atoms with Crippen molar-refractivity contribution < 1.29 is 14.3 Å². The Morgan fingerprint density at radius 2 is 2.00 bits per heavy atom. The number of ether oxygens (including phenoxy) is 2. The van der Waals surface area contributed by atoms with Crippen molar-refractivity contribution in [1.82, 2.24) is 0 Å². The predicted octanol–water partition coefficient (Wildman–Crippen LogP) is 1.85. The largest absolute Gasteiger partial charge is 0.497 e. The van der Waals surface area contributed by atoms with E-state index < -0.39 is 0 Å². The SMILES string of the molecule is COc1ccc([CH]C(C)=O)c(OC)c1. The molecule has 0 spiro atoms. The quantitative estimate of drug-likeness (QED) is 0.732. The van der Waals surface area contributed by atoms with E-state index in [1.807, 2.05) is 0 Å². The van der Waals surface area contributed by atoms with Crippen molar-refractivity contribution >= 4 is 5.78 Å². The van der Waals surface area contributed by atoms with E-state index in [0.29, 0.717) is 11.5 Å². The minimum absolute atomic E-state index is 0.00605. The van der Waals surface area contributed by atoms with Crippen molar-refractivity contribution in [3.63, 3.8) is 0 Å². The third-order valence-corrected chi connectivity index (χ3v) is 1.80. The average molecular weight is 193 g/mol. The molecule has 1 aromatic carbocycles. The molecule has 1 aromatic rings. The van der Waals surface area contributed by atoms with Crippen LogP contribution in [0.4, 0.5) is 0 Å². The number of Topliss-reactive ketones (excluding diaryl/α,β-unsaturated/α-hetero) is 1. The second kappa shape index (κ2) is 4.65. The molecule has 3 nitrogen and oxygen atoms in total. The van der Waals surface area contributed by atoms with Crippen molar-refractivity contribution in [2.24, 2.45) is 0 Å². The summed E-state index contributed by atoms with van der Waals surface area (Å²) < 4.78 is 10.2. The molecule has 0 aliphatic heterocycles. The van der Waals surface area contributed by atoms with Crippen LogP contribution in [-0.2, 0) is 4.79 Å². The molecule has 75 valence electrons. The fraction of sp³-hybridized carbons (Fsp3) is 0.273. The van der Waals surface area contributed by atoms with Gasteiger partial charge < -0.3 is 9.47 Å². The van der Waals surface area contributed by atoms with Crippen LogP contribution in [0.15, 0.2) is 18.2 Å². The second-order valence-corrected chi connectivity index (χ2v) is 2.86. The van der Waals surface area contributed by atoms with Crippen LogP contribution in [0.5, 0.6) is 11.5 Å². The Kier molecular flexibility index (Phi) is 3.51. The van der Waals surface area contributed by atoms with E-state index in [2.05, 4.69) is 0 Å². The van der Waals surface area contributed by atoms with Crippen LogP contribution in [0, 0.1) is 6.42 Å². The van der Waals surface area contributed by atoms with Gasteiger partial charge in [-0.1, -0.05) is 6.07 Å². The van der Waals surface area contributed by atoms with Crippen molar-refractivity contribution in [2.75, 3.05) is 14.2 Å². The summed E-state index contributed by atoms with van der Waals surface area (Å²) in [6, 6.07) is 5.32. The number of methoxy groups -OCH3 is 2. The highest BCUT2D eigenvalue weighted by atomic mass is 16.5. The molecule has 0 aromatic heterocycles. The van der Waals surface area contributed by atoms with Gasteiger partial charge in [-0.15, -0.1) is 0 Å². The van der Waals surface area contributed by atoms with Gasteiger partial charge in [-0.2, -0.15) is 0 Å². The van der Waals surface area contributed by atoms with Gasteiger partial charge in [0.15, 0.2) is 0 Å². The van der Waals surface area contributed by atoms with Crippen molar-refractivity contribution in [2.45, 2.75) is 6.92 Å². The van der Waals surface area contributed by atoms with Crippen LogP contribution in [0.25, 0.3) is 0 Å². The maximum atomic E-state index is 10.9. The number of hydrogen-bond donors (Lipinski definition) is 0. The molecule has 1 rings (SSSR count). The van der Waals surface area contributed by atoms with Gasteiger partial charge in [0.2, 0.25) is 0 Å². The minimum Gasteiger partial charge on any atom is -0.497 e. The smallest absolute Gasteiger partial charge is 0.138 e. The lowest BCUT2D eigenvalue weighted by atomic mass is 10.1. The zero-order valence-electron chi connectivity index (χ0n) is 8.53. The van der Waals surface area contributed by atoms with Gasteiger partial charge in [-0.05, 0) is 13.0 Å². The first-order chi connectivity index (χ1) is 6.67. The van der Waals surface area contributed by atoms with Crippen LogP contribution >= 0.6 is 0 Å². The lowest BCUT2D eigenvalue weighted by Gasteiger charge is -2.08. The Labute approximate surface area is 83.6 Å². The number of ketones is 1. The van der Waals surface area contributed by atoms with Crippen LogP contribution in [0.1, 0.15) is 12.5 Å². The van der Waals surface area contributed by atoms with Gasteiger partial charge in [-0.25, -0.2) is 0 Å². The van der Waals surface area contributed by atoms with Gasteiger partial charge >= 0.3 is 0 Å². The molecule has 3 heteroatoms. The summed E-state index contributed by atoms with van der Waals surface area (Å²) in [5.74, 6) is 1.34. The lowest BCUT2D eigenvalue weighted by molar-refractivity contribution is -0.113. The number of carbonyl (C=O) groups excluding carboxylic acids is 1. The molecule has 0 N–H and O–H groups in total. The highest BCUT2D eigenvalue weighted by molar-refractivity contribution is 5.89. The van der Waals surface area contributed by atoms with Gasteiger partial charge in [0.05, 0.1) is 20.6 Å². The molecule has 14 heavy (non-hydrogen) atoms. The number of hydrogen-bond acceptors (Lipinski definition) is 3. The summed E-state index contributed by atoms with van der Waals surface area (Å²) in [4.78, 5) is 10.9. The Bertz CT molecular complexity index is 331. The molecular weight excluding hydrogens is 180 g/mol. The lowest BCUT2D eigenvalue weighted by Crippen LogP contribution is -1.97. The normalized spacial score (nSPS) is 9.64. The fourth-order valence-corrected chi connectivity index (χ4v) is 1.16. The molecule has 0 aliphatic rings. The highest BCUT2D eigenvalue weighted by Gasteiger charge is 2.07. The molecule has 0 aliphatic carbocycles. The van der Waals surface area contributed by atoms with E-state index in [1.54, 1.807) is 32.4 Å². The number of rotatable bonds is 4. The van der Waals surface area contributed by atoms with Gasteiger partial charge in [0, 0.05) is 11.6 Å². The third kappa shape index (κ3) is 2.49. The Hall–Kier alpha value is -1.51. The Morgan fingerprint density at radius 3 is 2.50 bits per heavy atom. The molecule has 0 saturated heterocycles. The first-order valence-electron chi connectivity index (χ1n) is 4.24. The van der Waals surface area contributed by atoms with Crippen LogP contribution in [0.2, 0.25) is 0 Å². The number of benzene rings is 1. The van der Waals surface area contributed by atoms with Crippen LogP contribution < -0.4 is 9.47 Å². The Balaban J connectivity index is 2.98. The van der Waals surface area contributed by atoms with Gasteiger partial charge in [0.1, 0.15) is 17.3 Å². The standard InChI is InChI=1S/C11H13O3/c1-8(12)6-9-4-5-10(13-2)7-11(9)14-3/h4-7H,1-3H3. The van der Waals surface area contributed by atoms with E-state index in [4.69, 9.17) is 9.47 Å². The van der Waals surface area contributed by atoms with Crippen molar-refractivity contribution in [3.05, 3.63) is 30.2 Å². The first kappa shape index (κ1) is 10.6. The van der Waals surface area contributed by atoms with Crippen molar-refractivity contribution in [1.29, 1.82) is 0 Å². The summed E-state index contributed by atoms with van der Waals surface area (Å²) in [5.41, 5.74) is 0.765. The van der Waals surface area contributed by atoms with Gasteiger partial charge in [-0.3, -0.25) is 4.79 Å². The maximum Gasteiger partial charge on any atom is 0.138 e. The van der Waals surface area contributed by atoms with E-state index in [0.717, 1.165) is 5.56 Å². The maximum absolute atomic E-state index is 10.9. The summed E-state index contributed by atoms with van der Waals surface area (Å²) in [7, 11) is 3.15. The summed E-state index contributed by atoms with van der Waals surface area (Å²) in [5, 5.41) is 0. The topological polar surface area (TPSA) is 35.5 Å². The van der Waals surface area contributed by atoms with E-state index in [9.17, 15) is 4.79 Å². The van der Waals surface area contributed by atoms with Crippen LogP contribution in [0.3, 0.4) is 0 Å². The summed E-state index contributed by atoms with van der Waals surface area (Å²) in [6.07, 6.45) is 1.53. The zero-order chi connectivity index (χ0) is 10.6. The van der Waals surface area contributed by atoms with E-state index >= 15 is 0 Å². The minimum atomic E-state index is -0.00605. The molecule has 1 radical (unpaired) electrons. The predicted molar refractivity (Wildman–Crippen MR) is 53.6 cm³/mol. The molecule has 0 amide bonds. The van der Waals surface area contributed by atoms with Crippen LogP contribution in [-0.4, -0.2) is 20.0 Å². The monoisotopic (exact) mass is 193 g/mol. The van der Waals surface area contributed by atoms with E-state index in [-0.39, 0.29) is 5.78 Å². The summed E-state index contributed by atoms with van der Waals surface area (Å²) >= 11 is 0. The molecule has 0 saturated carbocycles. The van der Waals surface area contributed by atoms with Crippen molar-refractivity contribution in [3.8, 4) is 11.5 Å². The van der Waals surface area contributed by atoms with Gasteiger partial charge in [0.25, 0.3) is 0 Å². The molecule has 0 heterocycles. The van der Waals surface area contributed by atoms with E-state index in [1.165, 1.54) is 13.3 Å². The second-order valence-electron chi connectivity index (χ2n) is 2.86. The Morgan fingerprint density at radius 1 is 1.29 bits per heavy atom. The molecule has 0 fully saturated rings. The first-order valence-corrected chi connectivity index (χ1v) is 4.24. The zero-order valence-corrected chi connectivity index (χ0v) is 8.53. The highest BCUT2D eigenvalue weighted by Crippen LogP contribution is 2.25. The summed E-state index contributed by atoms with van der Waals surface area (Å²) in [6.45, 7) is 1.50. The molecular formula is C11H13O3. The molecule has 0 bridgehead atoms. The average Bonchev–Trinajstić information content (AvgIpc) is 2.17. The fourth-order valence-electron chi connectivity index (χ4n) is 1.16. The number of carbonyl (C=O) groups is 1.